The molecule has 10 heteroatoms. The Kier molecular flexibility index (Phi) is 3.04. The SMILES string of the molecule is O=[N+]([O-])c1cccc([N+](=O)[O-])c1P(=O)(O)O. The summed E-state index contributed by atoms with van der Waals surface area (Å²) in [5.74, 6) is 0. The fourth-order valence-corrected chi connectivity index (χ4v) is 2.02. The highest BCUT2D eigenvalue weighted by Gasteiger charge is 2.37. The Morgan fingerprint density at radius 2 is 1.44 bits per heavy atom. The van der Waals surface area contributed by atoms with Crippen LogP contribution >= 0.6 is 7.60 Å². The molecule has 16 heavy (non-hydrogen) atoms. The van der Waals surface area contributed by atoms with Crippen LogP contribution in [0.5, 0.6) is 0 Å². The van der Waals surface area contributed by atoms with E-state index >= 15 is 0 Å². The molecule has 0 atom stereocenters. The molecule has 86 valence electrons. The van der Waals surface area contributed by atoms with E-state index in [0.29, 0.717) is 0 Å². The third kappa shape index (κ3) is 2.22. The smallest absolute Gasteiger partial charge is 0.321 e. The monoisotopic (exact) mass is 248 g/mol. The summed E-state index contributed by atoms with van der Waals surface area (Å²) in [5, 5.41) is 19.8. The molecule has 0 aliphatic heterocycles. The quantitative estimate of drug-likeness (QED) is 0.444. The van der Waals surface area contributed by atoms with Gasteiger partial charge in [0.1, 0.15) is 0 Å². The molecule has 0 bridgehead atoms. The number of hydrogen-bond donors (Lipinski definition) is 2. The van der Waals surface area contributed by atoms with Gasteiger partial charge in [-0.3, -0.25) is 24.8 Å². The molecule has 0 heterocycles. The lowest BCUT2D eigenvalue weighted by Crippen LogP contribution is -2.14. The van der Waals surface area contributed by atoms with Gasteiger partial charge in [0.25, 0.3) is 11.4 Å². The van der Waals surface area contributed by atoms with Gasteiger partial charge in [0, 0.05) is 12.1 Å². The molecule has 0 aliphatic carbocycles. The second kappa shape index (κ2) is 3.97. The molecular formula is C6H5N2O7P. The van der Waals surface area contributed by atoms with E-state index in [2.05, 4.69) is 0 Å². The van der Waals surface area contributed by atoms with E-state index in [9.17, 15) is 24.8 Å². The van der Waals surface area contributed by atoms with Crippen molar-refractivity contribution in [3.63, 3.8) is 0 Å². The Morgan fingerprint density at radius 1 is 1.06 bits per heavy atom. The van der Waals surface area contributed by atoms with E-state index < -0.39 is 34.1 Å². The van der Waals surface area contributed by atoms with E-state index in [-0.39, 0.29) is 0 Å². The normalized spacial score (nSPS) is 11.1. The molecule has 0 saturated carbocycles. The summed E-state index contributed by atoms with van der Waals surface area (Å²) in [4.78, 5) is 36.5. The zero-order valence-electron chi connectivity index (χ0n) is 7.51. The minimum atomic E-state index is -5.08. The number of nitrogens with zero attached hydrogens (tertiary/aromatic N) is 2. The Bertz CT molecular complexity index is 475. The first-order chi connectivity index (χ1) is 7.25. The van der Waals surface area contributed by atoms with Gasteiger partial charge in [-0.05, 0) is 6.07 Å². The largest absolute Gasteiger partial charge is 0.370 e. The molecule has 0 radical (unpaired) electrons. The molecule has 9 nitrogen and oxygen atoms in total. The topological polar surface area (TPSA) is 144 Å². The van der Waals surface area contributed by atoms with Gasteiger partial charge in [-0.25, -0.2) is 0 Å². The maximum atomic E-state index is 11.0. The van der Waals surface area contributed by atoms with E-state index in [1.54, 1.807) is 0 Å². The summed E-state index contributed by atoms with van der Waals surface area (Å²) >= 11 is 0. The Morgan fingerprint density at radius 3 is 1.69 bits per heavy atom. The predicted molar refractivity (Wildman–Crippen MR) is 51.4 cm³/mol. The van der Waals surface area contributed by atoms with Crippen molar-refractivity contribution in [2.75, 3.05) is 0 Å². The van der Waals surface area contributed by atoms with Crippen molar-refractivity contribution in [1.82, 2.24) is 0 Å². The minimum absolute atomic E-state index is 0.793. The first kappa shape index (κ1) is 12.2. The lowest BCUT2D eigenvalue weighted by atomic mass is 10.3. The first-order valence-corrected chi connectivity index (χ1v) is 5.34. The van der Waals surface area contributed by atoms with Gasteiger partial charge in [-0.1, -0.05) is 0 Å². The molecule has 0 aromatic heterocycles. The van der Waals surface area contributed by atoms with Crippen molar-refractivity contribution in [2.24, 2.45) is 0 Å². The van der Waals surface area contributed by atoms with Gasteiger partial charge in [0.2, 0.25) is 5.30 Å². The van der Waals surface area contributed by atoms with Crippen LogP contribution in [0.1, 0.15) is 0 Å². The molecule has 1 rings (SSSR count). The molecule has 1 aromatic rings. The van der Waals surface area contributed by atoms with Crippen molar-refractivity contribution in [2.45, 2.75) is 0 Å². The standard InChI is InChI=1S/C6H5N2O7P/c9-7(10)4-2-1-3-5(8(11)12)6(4)16(13,14)15/h1-3H,(H2,13,14,15). The van der Waals surface area contributed by atoms with Gasteiger partial charge in [-0.2, -0.15) is 0 Å². The van der Waals surface area contributed by atoms with Crippen LogP contribution in [-0.2, 0) is 4.57 Å². The molecular weight excluding hydrogens is 243 g/mol. The van der Waals surface area contributed by atoms with Gasteiger partial charge in [0.15, 0.2) is 0 Å². The fourth-order valence-electron chi connectivity index (χ4n) is 1.11. The molecule has 0 unspecified atom stereocenters. The van der Waals surface area contributed by atoms with E-state index in [1.807, 2.05) is 0 Å². The van der Waals surface area contributed by atoms with Crippen LogP contribution in [0.25, 0.3) is 0 Å². The second-order valence-electron chi connectivity index (χ2n) is 2.70. The first-order valence-electron chi connectivity index (χ1n) is 3.73. The summed E-state index contributed by atoms with van der Waals surface area (Å²) in [5.41, 5.74) is -1.94. The Hall–Kier alpha value is -1.83. The van der Waals surface area contributed by atoms with E-state index in [0.717, 1.165) is 18.2 Å². The minimum Gasteiger partial charge on any atom is -0.321 e. The van der Waals surface area contributed by atoms with Gasteiger partial charge in [-0.15, -0.1) is 0 Å². The number of hydrogen-bond acceptors (Lipinski definition) is 5. The number of benzene rings is 1. The van der Waals surface area contributed by atoms with Crippen LogP contribution in [0.2, 0.25) is 0 Å². The zero-order chi connectivity index (χ0) is 12.5. The van der Waals surface area contributed by atoms with Gasteiger partial charge < -0.3 is 9.79 Å². The fraction of sp³-hybridized carbons (Fsp3) is 0. The van der Waals surface area contributed by atoms with Crippen molar-refractivity contribution in [3.05, 3.63) is 38.4 Å². The summed E-state index contributed by atoms with van der Waals surface area (Å²) in [6, 6.07) is 2.57. The average Bonchev–Trinajstić information content (AvgIpc) is 2.15. The molecule has 1 aromatic carbocycles. The zero-order valence-corrected chi connectivity index (χ0v) is 8.40. The number of rotatable bonds is 3. The van der Waals surface area contributed by atoms with Gasteiger partial charge in [0.05, 0.1) is 9.85 Å². The van der Waals surface area contributed by atoms with E-state index in [4.69, 9.17) is 9.79 Å². The van der Waals surface area contributed by atoms with Crippen LogP contribution < -0.4 is 5.30 Å². The van der Waals surface area contributed by atoms with Crippen LogP contribution in [0, 0.1) is 20.2 Å². The summed E-state index contributed by atoms with van der Waals surface area (Å²) in [7, 11) is -5.08. The molecule has 0 spiro atoms. The summed E-state index contributed by atoms with van der Waals surface area (Å²) in [6.45, 7) is 0. The third-order valence-corrected chi connectivity index (χ3v) is 2.72. The lowest BCUT2D eigenvalue weighted by molar-refractivity contribution is -0.391. The highest BCUT2D eigenvalue weighted by molar-refractivity contribution is 7.61. The van der Waals surface area contributed by atoms with Crippen molar-refractivity contribution in [3.8, 4) is 0 Å². The molecule has 0 amide bonds. The summed E-state index contributed by atoms with van der Waals surface area (Å²) < 4.78 is 11.0. The second-order valence-corrected chi connectivity index (χ2v) is 4.24. The van der Waals surface area contributed by atoms with Crippen LogP contribution in [-0.4, -0.2) is 19.6 Å². The lowest BCUT2D eigenvalue weighted by Gasteiger charge is -2.04. The van der Waals surface area contributed by atoms with Crippen molar-refractivity contribution < 1.29 is 24.2 Å². The van der Waals surface area contributed by atoms with Crippen LogP contribution in [0.15, 0.2) is 18.2 Å². The molecule has 0 fully saturated rings. The van der Waals surface area contributed by atoms with E-state index in [1.165, 1.54) is 0 Å². The predicted octanol–water partition coefficient (Wildman–Crippen LogP) is 0.306. The summed E-state index contributed by atoms with van der Waals surface area (Å²) in [6.07, 6.45) is 0. The number of nitro groups is 2. The Labute approximate surface area is 87.8 Å². The maximum Gasteiger partial charge on any atom is 0.370 e. The highest BCUT2D eigenvalue weighted by Crippen LogP contribution is 2.41. The average molecular weight is 248 g/mol. The van der Waals surface area contributed by atoms with Crippen molar-refractivity contribution in [1.29, 1.82) is 0 Å². The van der Waals surface area contributed by atoms with Crippen molar-refractivity contribution >= 4 is 24.3 Å². The molecule has 0 aliphatic rings. The molecule has 0 saturated heterocycles. The number of nitro benzene ring substituents is 2. The molecule has 2 N–H and O–H groups in total. The maximum absolute atomic E-state index is 11.0. The van der Waals surface area contributed by atoms with Crippen LogP contribution in [0.4, 0.5) is 11.4 Å². The Balaban J connectivity index is 3.67. The van der Waals surface area contributed by atoms with Crippen LogP contribution in [0.3, 0.4) is 0 Å². The highest BCUT2D eigenvalue weighted by atomic mass is 31.2. The third-order valence-electron chi connectivity index (χ3n) is 1.68. The van der Waals surface area contributed by atoms with Gasteiger partial charge >= 0.3 is 7.60 Å².